The van der Waals surface area contributed by atoms with Crippen LogP contribution in [0.4, 0.5) is 0 Å². The van der Waals surface area contributed by atoms with Crippen molar-refractivity contribution < 1.29 is 52.3 Å². The predicted molar refractivity (Wildman–Crippen MR) is 163 cm³/mol. The van der Waals surface area contributed by atoms with E-state index in [2.05, 4.69) is 19.7 Å². The van der Waals surface area contributed by atoms with Gasteiger partial charge in [0.2, 0.25) is 0 Å². The molecule has 0 atom stereocenters. The minimum Gasteiger partial charge on any atom is -0.473 e. The van der Waals surface area contributed by atoms with E-state index < -0.39 is 17.9 Å². The van der Waals surface area contributed by atoms with E-state index >= 15 is 0 Å². The molecular weight excluding hydrogens is 572 g/mol. The first kappa shape index (κ1) is 38.1. The lowest BCUT2D eigenvalue weighted by Crippen LogP contribution is -2.14. The van der Waals surface area contributed by atoms with Crippen LogP contribution in [0.2, 0.25) is 0 Å². The van der Waals surface area contributed by atoms with Crippen LogP contribution in [0.15, 0.2) is 55.0 Å². The number of ether oxygens (including phenoxy) is 7. The molecule has 11 nitrogen and oxygen atoms in total. The fourth-order valence-corrected chi connectivity index (χ4v) is 3.36. The highest BCUT2D eigenvalue weighted by Gasteiger charge is 2.18. The summed E-state index contributed by atoms with van der Waals surface area (Å²) >= 11 is 0. The molecule has 0 radical (unpaired) electrons. The highest BCUT2D eigenvalue weighted by atomic mass is 16.7. The molecule has 44 heavy (non-hydrogen) atoms. The van der Waals surface area contributed by atoms with E-state index in [1.54, 1.807) is 20.8 Å². The van der Waals surface area contributed by atoms with Crippen molar-refractivity contribution in [1.82, 2.24) is 0 Å². The van der Waals surface area contributed by atoms with Gasteiger partial charge >= 0.3 is 17.9 Å². The smallest absolute Gasteiger partial charge is 0.338 e. The molecule has 0 aromatic heterocycles. The fraction of sp³-hybridized carbons (Fsp3) is 0.515. The Bertz CT molecular complexity index is 1120. The molecule has 244 valence electrons. The molecule has 0 aliphatic heterocycles. The van der Waals surface area contributed by atoms with Crippen LogP contribution in [0.5, 0.6) is 0 Å². The molecule has 0 saturated heterocycles. The highest BCUT2D eigenvalue weighted by Crippen LogP contribution is 2.17. The maximum atomic E-state index is 13.0. The summed E-state index contributed by atoms with van der Waals surface area (Å²) in [4.78, 5) is 50.1. The Morgan fingerprint density at radius 1 is 0.545 bits per heavy atom. The van der Waals surface area contributed by atoms with Gasteiger partial charge in [0.05, 0.1) is 55.7 Å². The van der Waals surface area contributed by atoms with Crippen molar-refractivity contribution in [2.75, 3.05) is 46.6 Å². The summed E-state index contributed by atoms with van der Waals surface area (Å²) in [5.74, 6) is -0.953. The number of unbranched alkanes of at least 4 members (excludes halogenated alkanes) is 3. The normalized spacial score (nSPS) is 10.4. The maximum absolute atomic E-state index is 13.0. The standard InChI is InChI=1S/C33H46O11/c1-24(2)31(35)40-16-11-12-18-42-33(37)29-20-27(30(34)13-7-8-14-38-22-43-25(3)4)19-28(21-29)32(36)41-17-10-9-15-39-23-44-26(5)6/h19-21H,1,3,5,7-18,22-23H2,2,4,6H3. The molecule has 0 N–H and O–H groups in total. The first-order valence-corrected chi connectivity index (χ1v) is 14.6. The summed E-state index contributed by atoms with van der Waals surface area (Å²) in [7, 11) is 0. The molecule has 1 aromatic rings. The van der Waals surface area contributed by atoms with Gasteiger partial charge in [0.15, 0.2) is 19.4 Å². The zero-order chi connectivity index (χ0) is 32.7. The summed E-state index contributed by atoms with van der Waals surface area (Å²) in [5, 5.41) is 0. The Labute approximate surface area is 260 Å². The fourth-order valence-electron chi connectivity index (χ4n) is 3.36. The molecule has 0 unspecified atom stereocenters. The SMILES string of the molecule is C=C(C)OCOCCCCOC(=O)c1cc(C(=O)CCCCOCOC(=C)C)cc(C(=O)OCCCCOC(=O)C(=C)C)c1. The van der Waals surface area contributed by atoms with Crippen LogP contribution < -0.4 is 0 Å². The number of Topliss-reactive ketones (excluding diaryl/α,β-unsaturated/α-hetero) is 1. The van der Waals surface area contributed by atoms with Crippen molar-refractivity contribution in [3.05, 3.63) is 71.7 Å². The van der Waals surface area contributed by atoms with Crippen LogP contribution in [0.25, 0.3) is 0 Å². The Hall–Kier alpha value is -3.96. The largest absolute Gasteiger partial charge is 0.473 e. The summed E-state index contributed by atoms with van der Waals surface area (Å²) < 4.78 is 36.6. The summed E-state index contributed by atoms with van der Waals surface area (Å²) in [6.45, 7) is 17.1. The molecule has 0 bridgehead atoms. The number of hydrogen-bond acceptors (Lipinski definition) is 11. The van der Waals surface area contributed by atoms with E-state index in [-0.39, 0.29) is 62.3 Å². The van der Waals surface area contributed by atoms with Gasteiger partial charge in [-0.25, -0.2) is 14.4 Å². The number of hydrogen-bond donors (Lipinski definition) is 0. The molecule has 0 aliphatic carbocycles. The van der Waals surface area contributed by atoms with Crippen molar-refractivity contribution >= 4 is 23.7 Å². The van der Waals surface area contributed by atoms with Crippen LogP contribution in [0, 0.1) is 0 Å². The van der Waals surface area contributed by atoms with E-state index in [1.807, 2.05) is 0 Å². The maximum Gasteiger partial charge on any atom is 0.338 e. The monoisotopic (exact) mass is 618 g/mol. The van der Waals surface area contributed by atoms with Gasteiger partial charge in [-0.1, -0.05) is 19.7 Å². The van der Waals surface area contributed by atoms with Gasteiger partial charge in [-0.2, -0.15) is 0 Å². The van der Waals surface area contributed by atoms with E-state index in [4.69, 9.17) is 33.2 Å². The third kappa shape index (κ3) is 17.9. The van der Waals surface area contributed by atoms with Crippen molar-refractivity contribution in [2.24, 2.45) is 0 Å². The van der Waals surface area contributed by atoms with E-state index in [1.165, 1.54) is 18.2 Å². The minimum atomic E-state index is -0.687. The molecule has 0 saturated carbocycles. The molecule has 1 aromatic carbocycles. The van der Waals surface area contributed by atoms with Crippen molar-refractivity contribution in [3.8, 4) is 0 Å². The molecule has 0 aliphatic rings. The van der Waals surface area contributed by atoms with E-state index in [0.717, 1.165) is 0 Å². The van der Waals surface area contributed by atoms with Gasteiger partial charge in [-0.05, 0) is 77.5 Å². The second-order valence-electron chi connectivity index (χ2n) is 10.0. The Morgan fingerprint density at radius 3 is 1.41 bits per heavy atom. The van der Waals surface area contributed by atoms with Crippen LogP contribution in [-0.2, 0) is 38.0 Å². The first-order valence-electron chi connectivity index (χ1n) is 14.6. The quantitative estimate of drug-likeness (QED) is 0.0240. The second kappa shape index (κ2) is 22.6. The number of carbonyl (C=O) groups is 4. The predicted octanol–water partition coefficient (Wildman–Crippen LogP) is 6.08. The average Bonchev–Trinajstić information content (AvgIpc) is 2.98. The Balaban J connectivity index is 2.73. The molecule has 11 heteroatoms. The van der Waals surface area contributed by atoms with Gasteiger partial charge < -0.3 is 33.2 Å². The number of benzene rings is 1. The topological polar surface area (TPSA) is 133 Å². The highest BCUT2D eigenvalue weighted by molar-refractivity contribution is 6.03. The number of ketones is 1. The lowest BCUT2D eigenvalue weighted by atomic mass is 10.00. The molecule has 0 spiro atoms. The van der Waals surface area contributed by atoms with Gasteiger partial charge in [0.25, 0.3) is 0 Å². The van der Waals surface area contributed by atoms with Crippen LogP contribution in [-0.4, -0.2) is 70.3 Å². The van der Waals surface area contributed by atoms with Gasteiger partial charge in [0.1, 0.15) is 0 Å². The van der Waals surface area contributed by atoms with Crippen LogP contribution in [0.1, 0.15) is 96.8 Å². The second-order valence-corrected chi connectivity index (χ2v) is 10.0. The molecule has 1 rings (SSSR count). The minimum absolute atomic E-state index is 0.0581. The molecule has 0 amide bonds. The number of carbonyl (C=O) groups excluding carboxylic acids is 4. The third-order valence-electron chi connectivity index (χ3n) is 5.72. The lowest BCUT2D eigenvalue weighted by Gasteiger charge is -2.11. The van der Waals surface area contributed by atoms with Crippen LogP contribution >= 0.6 is 0 Å². The molecular formula is C33H46O11. The zero-order valence-electron chi connectivity index (χ0n) is 26.2. The summed E-state index contributed by atoms with van der Waals surface area (Å²) in [5.41, 5.74) is 0.638. The van der Waals surface area contributed by atoms with Gasteiger partial charge in [-0.15, -0.1) is 0 Å². The number of esters is 3. The zero-order valence-corrected chi connectivity index (χ0v) is 26.2. The summed E-state index contributed by atoms with van der Waals surface area (Å²) in [6, 6.07) is 4.19. The Morgan fingerprint density at radius 2 is 0.955 bits per heavy atom. The number of rotatable bonds is 25. The average molecular weight is 619 g/mol. The van der Waals surface area contributed by atoms with E-state index in [9.17, 15) is 19.2 Å². The Kier molecular flexibility index (Phi) is 19.5. The lowest BCUT2D eigenvalue weighted by molar-refractivity contribution is -0.139. The van der Waals surface area contributed by atoms with Gasteiger partial charge in [0, 0.05) is 17.6 Å². The number of allylic oxidation sites excluding steroid dienone is 2. The molecule has 0 fully saturated rings. The molecule has 0 heterocycles. The van der Waals surface area contributed by atoms with Crippen LogP contribution in [0.3, 0.4) is 0 Å². The first-order chi connectivity index (χ1) is 21.0. The third-order valence-corrected chi connectivity index (χ3v) is 5.72. The van der Waals surface area contributed by atoms with Crippen molar-refractivity contribution in [2.45, 2.75) is 65.7 Å². The van der Waals surface area contributed by atoms with E-state index in [0.29, 0.717) is 68.8 Å². The van der Waals surface area contributed by atoms with Gasteiger partial charge in [-0.3, -0.25) is 4.79 Å². The summed E-state index contributed by atoms with van der Waals surface area (Å²) in [6.07, 6.45) is 3.46. The van der Waals surface area contributed by atoms with Crippen molar-refractivity contribution in [3.63, 3.8) is 0 Å². The van der Waals surface area contributed by atoms with Crippen molar-refractivity contribution in [1.29, 1.82) is 0 Å².